The molecule has 0 aliphatic heterocycles. The molecule has 2 atom stereocenters. The molecule has 0 saturated heterocycles. The van der Waals surface area contributed by atoms with Crippen molar-refractivity contribution in [2.24, 2.45) is 0 Å². The second-order valence-corrected chi connectivity index (χ2v) is 14.3. The van der Waals surface area contributed by atoms with Gasteiger partial charge in [0.15, 0.2) is 0 Å². The van der Waals surface area contributed by atoms with Crippen molar-refractivity contribution in [1.29, 1.82) is 0 Å². The van der Waals surface area contributed by atoms with E-state index in [1.54, 1.807) is 34.9 Å². The molecule has 1 aromatic heterocycles. The van der Waals surface area contributed by atoms with Crippen LogP contribution in [0.1, 0.15) is 54.5 Å². The van der Waals surface area contributed by atoms with Crippen molar-refractivity contribution in [3.63, 3.8) is 0 Å². The van der Waals surface area contributed by atoms with Crippen molar-refractivity contribution in [1.82, 2.24) is 14.2 Å². The number of nitrogens with one attached hydrogen (secondary N) is 1. The zero-order valence-electron chi connectivity index (χ0n) is 28.4. The quantitative estimate of drug-likeness (QED) is 0.146. The number of hydrogen-bond acceptors (Lipinski definition) is 7. The van der Waals surface area contributed by atoms with Gasteiger partial charge in [-0.1, -0.05) is 42.5 Å². The summed E-state index contributed by atoms with van der Waals surface area (Å²) in [4.78, 5) is 26.0. The average Bonchev–Trinajstić information content (AvgIpc) is 3.42. The zero-order valence-corrected chi connectivity index (χ0v) is 29.2. The van der Waals surface area contributed by atoms with Gasteiger partial charge < -0.3 is 24.8 Å². The summed E-state index contributed by atoms with van der Waals surface area (Å²) in [6, 6.07) is 17.1. The van der Waals surface area contributed by atoms with Crippen LogP contribution in [-0.4, -0.2) is 72.8 Å². The van der Waals surface area contributed by atoms with Crippen LogP contribution >= 0.6 is 0 Å². The molecule has 0 aliphatic carbocycles. The fourth-order valence-corrected chi connectivity index (χ4v) is 6.41. The van der Waals surface area contributed by atoms with Gasteiger partial charge in [-0.15, -0.1) is 0 Å². The van der Waals surface area contributed by atoms with E-state index < -0.39 is 45.7 Å². The van der Waals surface area contributed by atoms with Crippen LogP contribution in [0, 0.1) is 11.6 Å². The van der Waals surface area contributed by atoms with Crippen molar-refractivity contribution in [3.05, 3.63) is 107 Å². The number of aromatic nitrogens is 1. The molecule has 0 radical (unpaired) electrons. The Kier molecular flexibility index (Phi) is 12.5. The van der Waals surface area contributed by atoms with Crippen LogP contribution in [0.3, 0.4) is 0 Å². The number of benzene rings is 3. The minimum atomic E-state index is -3.65. The van der Waals surface area contributed by atoms with Gasteiger partial charge in [-0.3, -0.25) is 9.59 Å². The molecule has 0 saturated carbocycles. The number of hydrogen-bond donors (Lipinski definition) is 3. The lowest BCUT2D eigenvalue weighted by atomic mass is 9.94. The molecule has 3 aromatic carbocycles. The first kappa shape index (κ1) is 38.1. The Morgan fingerprint density at radius 2 is 1.44 bits per heavy atom. The molecule has 0 unspecified atom stereocenters. The molecular formula is C37H41F2N3O7S. The van der Waals surface area contributed by atoms with Crippen molar-refractivity contribution >= 4 is 28.0 Å². The Hall–Kier alpha value is -4.69. The SMILES string of the molecule is COC(=O)C[C@H](O)C[C@H](O)C=Cc1c(-c2ccc(F)cc2)c(-c2ccc(F)cc2)c(C(=O)NCc2ccc(S(=O)(=O)N(C)C)cc2)n1C(C)C. The predicted octanol–water partition coefficient (Wildman–Crippen LogP) is 5.55. The van der Waals surface area contributed by atoms with E-state index in [9.17, 15) is 37.0 Å². The number of carbonyl (C=O) groups excluding carboxylic acids is 2. The lowest BCUT2D eigenvalue weighted by Crippen LogP contribution is -2.27. The molecule has 266 valence electrons. The van der Waals surface area contributed by atoms with Crippen molar-refractivity contribution in [2.75, 3.05) is 21.2 Å². The molecule has 1 heterocycles. The van der Waals surface area contributed by atoms with Crippen LogP contribution < -0.4 is 5.32 Å². The summed E-state index contributed by atoms with van der Waals surface area (Å²) in [6.07, 6.45) is 0.175. The van der Waals surface area contributed by atoms with Gasteiger partial charge in [-0.25, -0.2) is 21.5 Å². The standard InChI is InChI=1S/C37H41F2N3O7S/c1-23(2)42-32(19-16-29(43)20-30(44)21-33(45)49-5)34(25-8-12-27(38)13-9-25)35(26-10-14-28(39)15-11-26)36(42)37(46)40-22-24-6-17-31(18-7-24)50(47,48)41(3)4/h6-19,23,29-30,43-44H,20-22H2,1-5H3,(H,40,46)/t29-,30-/m1/s1. The molecule has 1 amide bonds. The third kappa shape index (κ3) is 8.90. The third-order valence-corrected chi connectivity index (χ3v) is 9.84. The van der Waals surface area contributed by atoms with Gasteiger partial charge in [-0.2, -0.15) is 0 Å². The number of methoxy groups -OCH3 is 1. The largest absolute Gasteiger partial charge is 0.469 e. The summed E-state index contributed by atoms with van der Waals surface area (Å²) in [5.74, 6) is -2.09. The summed E-state index contributed by atoms with van der Waals surface area (Å²) in [6.45, 7) is 3.76. The van der Waals surface area contributed by atoms with Gasteiger partial charge in [0.1, 0.15) is 17.3 Å². The van der Waals surface area contributed by atoms with Crippen LogP contribution in [0.4, 0.5) is 8.78 Å². The van der Waals surface area contributed by atoms with E-state index in [1.165, 1.54) is 75.8 Å². The second-order valence-electron chi connectivity index (χ2n) is 12.2. The Bertz CT molecular complexity index is 1940. The molecule has 0 fully saturated rings. The highest BCUT2D eigenvalue weighted by Gasteiger charge is 2.30. The number of aliphatic hydroxyl groups excluding tert-OH is 2. The fraction of sp³-hybridized carbons (Fsp3) is 0.297. The van der Waals surface area contributed by atoms with Gasteiger partial charge in [0.2, 0.25) is 10.0 Å². The monoisotopic (exact) mass is 709 g/mol. The number of sulfonamides is 1. The third-order valence-electron chi connectivity index (χ3n) is 8.02. The number of carbonyl (C=O) groups is 2. The number of amides is 1. The maximum atomic E-state index is 14.3. The van der Waals surface area contributed by atoms with E-state index in [1.807, 2.05) is 13.8 Å². The van der Waals surface area contributed by atoms with Gasteiger partial charge in [0.25, 0.3) is 5.91 Å². The summed E-state index contributed by atoms with van der Waals surface area (Å²) in [5, 5.41) is 24.0. The van der Waals surface area contributed by atoms with E-state index in [0.717, 1.165) is 4.31 Å². The summed E-state index contributed by atoms with van der Waals surface area (Å²) in [5.41, 5.74) is 3.28. The lowest BCUT2D eigenvalue weighted by Gasteiger charge is -2.17. The van der Waals surface area contributed by atoms with E-state index in [0.29, 0.717) is 33.5 Å². The second kappa shape index (κ2) is 16.3. The summed E-state index contributed by atoms with van der Waals surface area (Å²) in [7, 11) is 0.424. The number of esters is 1. The molecule has 3 N–H and O–H groups in total. The normalized spacial score (nSPS) is 13.2. The minimum absolute atomic E-state index is 0.0428. The van der Waals surface area contributed by atoms with Crippen LogP contribution in [0.5, 0.6) is 0 Å². The number of nitrogens with zero attached hydrogens (tertiary/aromatic N) is 2. The minimum Gasteiger partial charge on any atom is -0.469 e. The molecule has 4 aromatic rings. The first-order valence-corrected chi connectivity index (χ1v) is 17.3. The van der Waals surface area contributed by atoms with Gasteiger partial charge in [0, 0.05) is 49.9 Å². The van der Waals surface area contributed by atoms with E-state index >= 15 is 0 Å². The van der Waals surface area contributed by atoms with Gasteiger partial charge in [0.05, 0.1) is 30.6 Å². The molecule has 13 heteroatoms. The maximum Gasteiger partial charge on any atom is 0.308 e. The van der Waals surface area contributed by atoms with E-state index in [2.05, 4.69) is 10.1 Å². The van der Waals surface area contributed by atoms with Gasteiger partial charge in [-0.05, 0) is 73.0 Å². The van der Waals surface area contributed by atoms with Crippen LogP contribution in [0.25, 0.3) is 28.3 Å². The zero-order chi connectivity index (χ0) is 36.7. The number of halogens is 2. The summed E-state index contributed by atoms with van der Waals surface area (Å²) >= 11 is 0. The van der Waals surface area contributed by atoms with Crippen molar-refractivity contribution in [2.45, 2.75) is 56.4 Å². The van der Waals surface area contributed by atoms with E-state index in [4.69, 9.17) is 0 Å². The van der Waals surface area contributed by atoms with Crippen molar-refractivity contribution < 1.29 is 41.7 Å². The molecule has 0 aliphatic rings. The average molecular weight is 710 g/mol. The highest BCUT2D eigenvalue weighted by molar-refractivity contribution is 7.89. The summed E-state index contributed by atoms with van der Waals surface area (Å²) < 4.78 is 60.8. The van der Waals surface area contributed by atoms with Crippen LogP contribution in [-0.2, 0) is 26.1 Å². The number of rotatable bonds is 14. The topological polar surface area (TPSA) is 138 Å². The Labute approximate surface area is 290 Å². The maximum absolute atomic E-state index is 14.3. The first-order valence-electron chi connectivity index (χ1n) is 15.8. The Balaban J connectivity index is 1.85. The highest BCUT2D eigenvalue weighted by atomic mass is 32.2. The van der Waals surface area contributed by atoms with E-state index in [-0.39, 0.29) is 36.0 Å². The first-order chi connectivity index (χ1) is 23.6. The number of ether oxygens (including phenoxy) is 1. The molecule has 10 nitrogen and oxygen atoms in total. The smallest absolute Gasteiger partial charge is 0.308 e. The molecule has 50 heavy (non-hydrogen) atoms. The molecule has 0 bridgehead atoms. The van der Waals surface area contributed by atoms with Crippen LogP contribution in [0.2, 0.25) is 0 Å². The van der Waals surface area contributed by atoms with Crippen LogP contribution in [0.15, 0.2) is 83.8 Å². The van der Waals surface area contributed by atoms with Gasteiger partial charge >= 0.3 is 5.97 Å². The molecule has 4 rings (SSSR count). The molecular weight excluding hydrogens is 668 g/mol. The Morgan fingerprint density at radius 3 is 1.94 bits per heavy atom. The van der Waals surface area contributed by atoms with Crippen molar-refractivity contribution in [3.8, 4) is 22.3 Å². The molecule has 0 spiro atoms. The Morgan fingerprint density at radius 1 is 0.900 bits per heavy atom. The lowest BCUT2D eigenvalue weighted by molar-refractivity contribution is -0.143. The number of aliphatic hydroxyl groups is 2. The predicted molar refractivity (Wildman–Crippen MR) is 186 cm³/mol. The fourth-order valence-electron chi connectivity index (χ4n) is 5.51. The highest BCUT2D eigenvalue weighted by Crippen LogP contribution is 2.42.